The second-order valence-corrected chi connectivity index (χ2v) is 4.88. The van der Waals surface area contributed by atoms with Gasteiger partial charge < -0.3 is 10.6 Å². The Kier molecular flexibility index (Phi) is 3.49. The van der Waals surface area contributed by atoms with Crippen molar-refractivity contribution in [1.82, 2.24) is 5.32 Å². The van der Waals surface area contributed by atoms with Crippen LogP contribution in [0.3, 0.4) is 0 Å². The summed E-state index contributed by atoms with van der Waals surface area (Å²) in [5, 5.41) is 6.90. The fourth-order valence-electron chi connectivity index (χ4n) is 2.60. The fourth-order valence-corrected chi connectivity index (χ4v) is 2.60. The third-order valence-electron chi connectivity index (χ3n) is 3.46. The Morgan fingerprint density at radius 3 is 2.94 bits per heavy atom. The quantitative estimate of drug-likeness (QED) is 0.815. The van der Waals surface area contributed by atoms with E-state index in [1.54, 1.807) is 0 Å². The summed E-state index contributed by atoms with van der Waals surface area (Å²) < 4.78 is 0. The van der Waals surface area contributed by atoms with Crippen LogP contribution in [-0.2, 0) is 6.42 Å². The van der Waals surface area contributed by atoms with E-state index in [0.29, 0.717) is 6.04 Å². The second kappa shape index (κ2) is 4.88. The molecule has 0 bridgehead atoms. The molecule has 0 amide bonds. The summed E-state index contributed by atoms with van der Waals surface area (Å²) in [6.45, 7) is 5.49. The van der Waals surface area contributed by atoms with Gasteiger partial charge in [-0.3, -0.25) is 0 Å². The Hall–Kier alpha value is -1.02. The van der Waals surface area contributed by atoms with Gasteiger partial charge in [-0.15, -0.1) is 0 Å². The molecule has 1 unspecified atom stereocenters. The molecular formula is C14H22N2. The first kappa shape index (κ1) is 11.5. The second-order valence-electron chi connectivity index (χ2n) is 4.88. The van der Waals surface area contributed by atoms with Gasteiger partial charge in [0, 0.05) is 11.7 Å². The summed E-state index contributed by atoms with van der Waals surface area (Å²) >= 11 is 0. The van der Waals surface area contributed by atoms with Crippen molar-refractivity contribution in [3.63, 3.8) is 0 Å². The standard InChI is InChI=1S/C14H22N2/c1-10-8-11(2)13-5-4-12(6-7-15-3)16-14(13)9-10/h8-9,12,15-16H,4-7H2,1-3H3. The molecule has 88 valence electrons. The number of anilines is 1. The molecule has 16 heavy (non-hydrogen) atoms. The first-order valence-corrected chi connectivity index (χ1v) is 6.22. The van der Waals surface area contributed by atoms with Crippen LogP contribution in [0, 0.1) is 13.8 Å². The lowest BCUT2D eigenvalue weighted by molar-refractivity contribution is 0.567. The molecule has 1 aliphatic heterocycles. The molecule has 0 saturated carbocycles. The largest absolute Gasteiger partial charge is 0.382 e. The van der Waals surface area contributed by atoms with E-state index in [1.807, 2.05) is 7.05 Å². The maximum Gasteiger partial charge on any atom is 0.0380 e. The van der Waals surface area contributed by atoms with Gasteiger partial charge in [0.25, 0.3) is 0 Å². The Balaban J connectivity index is 2.13. The van der Waals surface area contributed by atoms with Crippen molar-refractivity contribution in [1.29, 1.82) is 0 Å². The van der Waals surface area contributed by atoms with E-state index in [-0.39, 0.29) is 0 Å². The summed E-state index contributed by atoms with van der Waals surface area (Å²) in [6, 6.07) is 5.21. The van der Waals surface area contributed by atoms with Crippen molar-refractivity contribution in [2.24, 2.45) is 0 Å². The van der Waals surface area contributed by atoms with Crippen LogP contribution in [0.25, 0.3) is 0 Å². The number of benzene rings is 1. The summed E-state index contributed by atoms with van der Waals surface area (Å²) in [4.78, 5) is 0. The van der Waals surface area contributed by atoms with E-state index in [1.165, 1.54) is 41.6 Å². The maximum absolute atomic E-state index is 3.67. The lowest BCUT2D eigenvalue weighted by atomic mass is 9.92. The van der Waals surface area contributed by atoms with Crippen molar-refractivity contribution in [2.75, 3.05) is 18.9 Å². The summed E-state index contributed by atoms with van der Waals surface area (Å²) in [6.07, 6.45) is 3.70. The predicted octanol–water partition coefficient (Wildman–Crippen LogP) is 2.64. The zero-order chi connectivity index (χ0) is 11.5. The minimum atomic E-state index is 0.640. The van der Waals surface area contributed by atoms with Gasteiger partial charge in [0.2, 0.25) is 0 Å². The average Bonchev–Trinajstić information content (AvgIpc) is 2.25. The molecule has 1 aromatic rings. The summed E-state index contributed by atoms with van der Waals surface area (Å²) in [5.74, 6) is 0. The molecule has 2 heteroatoms. The molecule has 1 atom stereocenters. The van der Waals surface area contributed by atoms with E-state index in [4.69, 9.17) is 0 Å². The zero-order valence-electron chi connectivity index (χ0n) is 10.6. The van der Waals surface area contributed by atoms with E-state index >= 15 is 0 Å². The lowest BCUT2D eigenvalue weighted by Crippen LogP contribution is -2.29. The topological polar surface area (TPSA) is 24.1 Å². The van der Waals surface area contributed by atoms with E-state index in [9.17, 15) is 0 Å². The van der Waals surface area contributed by atoms with Gasteiger partial charge in [-0.2, -0.15) is 0 Å². The number of rotatable bonds is 3. The van der Waals surface area contributed by atoms with Crippen LogP contribution in [0.4, 0.5) is 5.69 Å². The van der Waals surface area contributed by atoms with E-state index < -0.39 is 0 Å². The molecule has 0 aliphatic carbocycles. The number of nitrogens with one attached hydrogen (secondary N) is 2. The number of fused-ring (bicyclic) bond motifs is 1. The molecule has 1 aliphatic rings. The smallest absolute Gasteiger partial charge is 0.0380 e. The van der Waals surface area contributed by atoms with Crippen LogP contribution < -0.4 is 10.6 Å². The molecule has 1 heterocycles. The highest BCUT2D eigenvalue weighted by Gasteiger charge is 2.18. The highest BCUT2D eigenvalue weighted by molar-refractivity contribution is 5.58. The molecule has 0 spiro atoms. The van der Waals surface area contributed by atoms with E-state index in [2.05, 4.69) is 36.6 Å². The Morgan fingerprint density at radius 2 is 2.19 bits per heavy atom. The highest BCUT2D eigenvalue weighted by atomic mass is 14.9. The molecule has 0 radical (unpaired) electrons. The summed E-state index contributed by atoms with van der Waals surface area (Å²) in [7, 11) is 2.02. The van der Waals surface area contributed by atoms with Crippen LogP contribution in [0.2, 0.25) is 0 Å². The van der Waals surface area contributed by atoms with Gasteiger partial charge in [-0.1, -0.05) is 6.07 Å². The van der Waals surface area contributed by atoms with E-state index in [0.717, 1.165) is 6.54 Å². The number of hydrogen-bond donors (Lipinski definition) is 2. The Labute approximate surface area is 98.4 Å². The molecule has 2 rings (SSSR count). The van der Waals surface area contributed by atoms with Crippen molar-refractivity contribution in [3.05, 3.63) is 28.8 Å². The molecule has 1 aromatic carbocycles. The molecule has 0 saturated heterocycles. The van der Waals surface area contributed by atoms with Gasteiger partial charge in [-0.05, 0) is 69.5 Å². The fraction of sp³-hybridized carbons (Fsp3) is 0.571. The minimum absolute atomic E-state index is 0.640. The summed E-state index contributed by atoms with van der Waals surface area (Å²) in [5.41, 5.74) is 5.68. The van der Waals surface area contributed by atoms with Gasteiger partial charge in [0.15, 0.2) is 0 Å². The van der Waals surface area contributed by atoms with Crippen LogP contribution in [-0.4, -0.2) is 19.6 Å². The molecule has 0 aromatic heterocycles. The third-order valence-corrected chi connectivity index (χ3v) is 3.46. The SMILES string of the molecule is CNCCC1CCc2c(C)cc(C)cc2N1. The number of aryl methyl sites for hydroxylation is 2. The normalized spacial score (nSPS) is 19.1. The van der Waals surface area contributed by atoms with Crippen molar-refractivity contribution in [3.8, 4) is 0 Å². The van der Waals surface area contributed by atoms with Crippen LogP contribution in [0.15, 0.2) is 12.1 Å². The van der Waals surface area contributed by atoms with Gasteiger partial charge in [-0.25, -0.2) is 0 Å². The Bertz CT molecular complexity index is 371. The van der Waals surface area contributed by atoms with Gasteiger partial charge in [0.1, 0.15) is 0 Å². The van der Waals surface area contributed by atoms with Gasteiger partial charge >= 0.3 is 0 Å². The lowest BCUT2D eigenvalue weighted by Gasteiger charge is -2.28. The first-order valence-electron chi connectivity index (χ1n) is 6.22. The van der Waals surface area contributed by atoms with Gasteiger partial charge in [0.05, 0.1) is 0 Å². The molecular weight excluding hydrogens is 196 g/mol. The van der Waals surface area contributed by atoms with Crippen molar-refractivity contribution >= 4 is 5.69 Å². The number of hydrogen-bond acceptors (Lipinski definition) is 2. The molecule has 2 N–H and O–H groups in total. The maximum atomic E-state index is 3.67. The molecule has 2 nitrogen and oxygen atoms in total. The molecule has 0 fully saturated rings. The van der Waals surface area contributed by atoms with Crippen molar-refractivity contribution < 1.29 is 0 Å². The minimum Gasteiger partial charge on any atom is -0.382 e. The van der Waals surface area contributed by atoms with Crippen LogP contribution in [0.1, 0.15) is 29.5 Å². The van der Waals surface area contributed by atoms with Crippen LogP contribution >= 0.6 is 0 Å². The predicted molar refractivity (Wildman–Crippen MR) is 70.2 cm³/mol. The van der Waals surface area contributed by atoms with Crippen LogP contribution in [0.5, 0.6) is 0 Å². The highest BCUT2D eigenvalue weighted by Crippen LogP contribution is 2.29. The Morgan fingerprint density at radius 1 is 1.38 bits per heavy atom. The van der Waals surface area contributed by atoms with Crippen molar-refractivity contribution in [2.45, 2.75) is 39.2 Å². The third kappa shape index (κ3) is 2.38. The monoisotopic (exact) mass is 218 g/mol. The average molecular weight is 218 g/mol. The first-order chi connectivity index (χ1) is 7.70. The zero-order valence-corrected chi connectivity index (χ0v) is 10.6.